The molecule has 2 aromatic carbocycles. The van der Waals surface area contributed by atoms with Crippen LogP contribution in [0.1, 0.15) is 54.9 Å². The van der Waals surface area contributed by atoms with Crippen molar-refractivity contribution >= 4 is 5.69 Å². The third-order valence-corrected chi connectivity index (χ3v) is 6.53. The van der Waals surface area contributed by atoms with Crippen LogP contribution >= 0.6 is 0 Å². The number of tetrazole rings is 1. The number of aryl methyl sites for hydroxylation is 2. The summed E-state index contributed by atoms with van der Waals surface area (Å²) in [5.41, 5.74) is 6.49. The molecule has 6 heteroatoms. The molecule has 1 aromatic heterocycles. The molecule has 4 rings (SSSR count). The smallest absolute Gasteiger partial charge is 0.214 e. The Morgan fingerprint density at radius 3 is 2.26 bits per heavy atom. The Morgan fingerprint density at radius 1 is 0.935 bits per heavy atom. The van der Waals surface area contributed by atoms with Crippen molar-refractivity contribution in [2.75, 3.05) is 31.1 Å². The second kappa shape index (κ2) is 8.42. The first kappa shape index (κ1) is 21.5. The van der Waals surface area contributed by atoms with Gasteiger partial charge in [-0.05, 0) is 69.2 Å². The molecule has 2 heterocycles. The number of benzene rings is 2. The molecule has 1 N–H and O–H groups in total. The monoisotopic (exact) mass is 419 g/mol. The third kappa shape index (κ3) is 4.35. The molecule has 0 saturated carbocycles. The van der Waals surface area contributed by atoms with E-state index in [0.717, 1.165) is 32.0 Å². The Balaban J connectivity index is 1.64. The van der Waals surface area contributed by atoms with Crippen LogP contribution in [0.4, 0.5) is 5.69 Å². The predicted molar refractivity (Wildman–Crippen MR) is 125 cm³/mol. The lowest BCUT2D eigenvalue weighted by atomic mass is 10.00. The van der Waals surface area contributed by atoms with Crippen molar-refractivity contribution in [3.8, 4) is 0 Å². The van der Waals surface area contributed by atoms with Crippen LogP contribution in [-0.4, -0.2) is 46.4 Å². The summed E-state index contributed by atoms with van der Waals surface area (Å²) in [6.45, 7) is 17.2. The molecule has 164 valence electrons. The zero-order valence-corrected chi connectivity index (χ0v) is 19.7. The summed E-state index contributed by atoms with van der Waals surface area (Å²) in [6, 6.07) is 15.6. The van der Waals surface area contributed by atoms with Crippen LogP contribution in [0.2, 0.25) is 0 Å². The van der Waals surface area contributed by atoms with Crippen molar-refractivity contribution < 1.29 is 4.90 Å². The lowest BCUT2D eigenvalue weighted by Crippen LogP contribution is -3.15. The maximum Gasteiger partial charge on any atom is 0.214 e. The van der Waals surface area contributed by atoms with E-state index in [0.29, 0.717) is 0 Å². The van der Waals surface area contributed by atoms with E-state index in [1.54, 1.807) is 0 Å². The highest BCUT2D eigenvalue weighted by Crippen LogP contribution is 2.25. The maximum atomic E-state index is 4.53. The largest absolute Gasteiger partial charge is 0.360 e. The highest BCUT2D eigenvalue weighted by Gasteiger charge is 2.36. The topological polar surface area (TPSA) is 51.3 Å². The minimum atomic E-state index is -0.165. The minimum absolute atomic E-state index is 0.121. The molecule has 0 amide bonds. The third-order valence-electron chi connectivity index (χ3n) is 6.53. The molecule has 1 aliphatic rings. The van der Waals surface area contributed by atoms with Crippen LogP contribution in [0.25, 0.3) is 0 Å². The normalized spacial score (nSPS) is 16.5. The highest BCUT2D eigenvalue weighted by molar-refractivity contribution is 5.56. The van der Waals surface area contributed by atoms with Crippen LogP contribution in [0, 0.1) is 20.8 Å². The summed E-state index contributed by atoms with van der Waals surface area (Å²) in [4.78, 5) is 4.05. The van der Waals surface area contributed by atoms with Crippen LogP contribution < -0.4 is 9.80 Å². The average molecular weight is 420 g/mol. The van der Waals surface area contributed by atoms with E-state index in [-0.39, 0.29) is 11.6 Å². The van der Waals surface area contributed by atoms with Gasteiger partial charge in [0.2, 0.25) is 5.82 Å². The fourth-order valence-electron chi connectivity index (χ4n) is 4.58. The summed E-state index contributed by atoms with van der Waals surface area (Å²) in [7, 11) is 0. The highest BCUT2D eigenvalue weighted by atomic mass is 15.6. The second-order valence-corrected chi connectivity index (χ2v) is 9.83. The van der Waals surface area contributed by atoms with Gasteiger partial charge in [0.05, 0.1) is 31.7 Å². The number of anilines is 1. The van der Waals surface area contributed by atoms with Crippen molar-refractivity contribution in [2.24, 2.45) is 0 Å². The first-order chi connectivity index (χ1) is 14.8. The van der Waals surface area contributed by atoms with Gasteiger partial charge in [-0.1, -0.05) is 42.0 Å². The van der Waals surface area contributed by atoms with Gasteiger partial charge in [-0.3, -0.25) is 0 Å². The number of hydrogen-bond acceptors (Lipinski definition) is 4. The zero-order chi connectivity index (χ0) is 22.2. The van der Waals surface area contributed by atoms with Crippen LogP contribution in [0.5, 0.6) is 0 Å². The summed E-state index contributed by atoms with van der Waals surface area (Å²) < 4.78 is 2.00. The second-order valence-electron chi connectivity index (χ2n) is 9.83. The van der Waals surface area contributed by atoms with Crippen molar-refractivity contribution in [1.29, 1.82) is 0 Å². The molecule has 0 aliphatic carbocycles. The van der Waals surface area contributed by atoms with Gasteiger partial charge in [0.15, 0.2) is 6.04 Å². The van der Waals surface area contributed by atoms with Gasteiger partial charge < -0.3 is 9.80 Å². The molecule has 0 unspecified atom stereocenters. The molecular weight excluding hydrogens is 384 g/mol. The summed E-state index contributed by atoms with van der Waals surface area (Å²) in [6.07, 6.45) is 0. The molecule has 0 radical (unpaired) electrons. The van der Waals surface area contributed by atoms with E-state index in [2.05, 4.69) is 104 Å². The van der Waals surface area contributed by atoms with Crippen molar-refractivity contribution in [2.45, 2.75) is 53.1 Å². The Bertz CT molecular complexity index is 1020. The SMILES string of the molecule is Cc1ccc([C@@H](c2nnnn2C(C)(C)C)[NH+]2CCN(c3cccc(C)c3C)CC2)cc1. The van der Waals surface area contributed by atoms with Gasteiger partial charge in [0.25, 0.3) is 0 Å². The van der Waals surface area contributed by atoms with Crippen LogP contribution in [-0.2, 0) is 5.54 Å². The summed E-state index contributed by atoms with van der Waals surface area (Å²) in [5, 5.41) is 13.0. The van der Waals surface area contributed by atoms with Crippen molar-refractivity contribution in [3.63, 3.8) is 0 Å². The van der Waals surface area contributed by atoms with E-state index in [1.807, 2.05) is 4.68 Å². The standard InChI is InChI=1S/C25H34N6/c1-18-10-12-21(13-11-18)23(24-26-27-28-31(24)25(4,5)6)30-16-14-29(15-17-30)22-9-7-8-19(2)20(22)3/h7-13,23H,14-17H2,1-6H3/p+1/t23-/m0/s1. The Morgan fingerprint density at radius 2 is 1.61 bits per heavy atom. The van der Waals surface area contributed by atoms with E-state index in [4.69, 9.17) is 0 Å². The van der Waals surface area contributed by atoms with Gasteiger partial charge >= 0.3 is 0 Å². The predicted octanol–water partition coefficient (Wildman–Crippen LogP) is 2.85. The first-order valence-corrected chi connectivity index (χ1v) is 11.3. The maximum absolute atomic E-state index is 4.53. The average Bonchev–Trinajstić information content (AvgIpc) is 3.22. The summed E-state index contributed by atoms with van der Waals surface area (Å²) in [5.74, 6) is 0.950. The van der Waals surface area contributed by atoms with E-state index >= 15 is 0 Å². The summed E-state index contributed by atoms with van der Waals surface area (Å²) >= 11 is 0. The molecule has 1 aliphatic heterocycles. The van der Waals surface area contributed by atoms with E-state index in [1.165, 1.54) is 32.8 Å². The zero-order valence-electron chi connectivity index (χ0n) is 19.7. The fraction of sp³-hybridized carbons (Fsp3) is 0.480. The van der Waals surface area contributed by atoms with Gasteiger partial charge in [-0.25, -0.2) is 4.68 Å². The van der Waals surface area contributed by atoms with E-state index < -0.39 is 0 Å². The molecule has 1 saturated heterocycles. The number of nitrogens with zero attached hydrogens (tertiary/aromatic N) is 5. The molecule has 1 fully saturated rings. The Labute approximate surface area is 185 Å². The Hall–Kier alpha value is -2.73. The molecule has 0 bridgehead atoms. The number of hydrogen-bond donors (Lipinski definition) is 1. The van der Waals surface area contributed by atoms with Crippen molar-refractivity contribution in [1.82, 2.24) is 20.2 Å². The molecule has 0 spiro atoms. The lowest BCUT2D eigenvalue weighted by Gasteiger charge is -2.38. The fourth-order valence-corrected chi connectivity index (χ4v) is 4.58. The van der Waals surface area contributed by atoms with E-state index in [9.17, 15) is 0 Å². The quantitative estimate of drug-likeness (QED) is 0.707. The van der Waals surface area contributed by atoms with Crippen LogP contribution in [0.15, 0.2) is 42.5 Å². The minimum Gasteiger partial charge on any atom is -0.360 e. The number of nitrogens with one attached hydrogen (secondary N) is 1. The van der Waals surface area contributed by atoms with Gasteiger partial charge in [-0.2, -0.15) is 0 Å². The number of quaternary nitrogens is 1. The molecule has 3 aromatic rings. The first-order valence-electron chi connectivity index (χ1n) is 11.3. The lowest BCUT2D eigenvalue weighted by molar-refractivity contribution is -0.927. The molecular formula is C25H35N6+. The Kier molecular flexibility index (Phi) is 5.84. The molecule has 6 nitrogen and oxygen atoms in total. The van der Waals surface area contributed by atoms with Gasteiger partial charge in [-0.15, -0.1) is 5.10 Å². The van der Waals surface area contributed by atoms with Gasteiger partial charge in [0.1, 0.15) is 0 Å². The number of piperazine rings is 1. The van der Waals surface area contributed by atoms with Gasteiger partial charge in [0, 0.05) is 11.3 Å². The number of rotatable bonds is 4. The molecule has 1 atom stereocenters. The number of aromatic nitrogens is 4. The molecule has 31 heavy (non-hydrogen) atoms. The van der Waals surface area contributed by atoms with Crippen LogP contribution in [0.3, 0.4) is 0 Å². The van der Waals surface area contributed by atoms with Crippen molar-refractivity contribution in [3.05, 3.63) is 70.5 Å².